The summed E-state index contributed by atoms with van der Waals surface area (Å²) in [5.74, 6) is -0.455. The summed E-state index contributed by atoms with van der Waals surface area (Å²) in [7, 11) is 0. The van der Waals surface area contributed by atoms with Crippen molar-refractivity contribution in [2.24, 2.45) is 0 Å². The van der Waals surface area contributed by atoms with Crippen LogP contribution in [0.1, 0.15) is 23.6 Å². The van der Waals surface area contributed by atoms with Crippen LogP contribution in [-0.2, 0) is 0 Å². The largest absolute Gasteiger partial charge is 0.376 e. The third kappa shape index (κ3) is 3.13. The molecule has 0 fully saturated rings. The lowest BCUT2D eigenvalue weighted by molar-refractivity contribution is 0.627. The fraction of sp³-hybridized carbons (Fsp3) is 0.125. The highest BCUT2D eigenvalue weighted by Gasteiger charge is 2.13. The van der Waals surface area contributed by atoms with Gasteiger partial charge < -0.3 is 5.32 Å². The first kappa shape index (κ1) is 13.6. The summed E-state index contributed by atoms with van der Waals surface area (Å²) in [4.78, 5) is 0. The highest BCUT2D eigenvalue weighted by atomic mass is 19.1. The van der Waals surface area contributed by atoms with Crippen LogP contribution >= 0.6 is 0 Å². The molecule has 4 heteroatoms. The van der Waals surface area contributed by atoms with Crippen LogP contribution < -0.4 is 5.32 Å². The Kier molecular flexibility index (Phi) is 4.32. The molecule has 0 radical (unpaired) electrons. The van der Waals surface area contributed by atoms with E-state index in [2.05, 4.69) is 11.4 Å². The molecule has 3 nitrogen and oxygen atoms in total. The molecule has 1 atom stereocenters. The Morgan fingerprint density at radius 3 is 2.50 bits per heavy atom. The maximum absolute atomic E-state index is 13.1. The van der Waals surface area contributed by atoms with E-state index in [-0.39, 0.29) is 18.0 Å². The third-order valence-electron chi connectivity index (χ3n) is 2.93. The van der Waals surface area contributed by atoms with Crippen molar-refractivity contribution in [3.8, 4) is 12.1 Å². The van der Waals surface area contributed by atoms with Gasteiger partial charge in [-0.1, -0.05) is 30.3 Å². The highest BCUT2D eigenvalue weighted by molar-refractivity contribution is 5.58. The third-order valence-corrected chi connectivity index (χ3v) is 2.93. The SMILES string of the molecule is N#CCC(Nc1ccc(F)cc1C#N)c1ccccc1. The van der Waals surface area contributed by atoms with E-state index in [4.69, 9.17) is 10.5 Å². The van der Waals surface area contributed by atoms with Gasteiger partial charge in [-0.3, -0.25) is 0 Å². The smallest absolute Gasteiger partial charge is 0.124 e. The Hall–Kier alpha value is -2.85. The molecule has 0 saturated carbocycles. The molecule has 0 spiro atoms. The van der Waals surface area contributed by atoms with Gasteiger partial charge in [0.1, 0.15) is 11.9 Å². The summed E-state index contributed by atoms with van der Waals surface area (Å²) in [5, 5.41) is 21.1. The van der Waals surface area contributed by atoms with E-state index in [9.17, 15) is 4.39 Å². The second kappa shape index (κ2) is 6.36. The van der Waals surface area contributed by atoms with Crippen molar-refractivity contribution in [1.29, 1.82) is 10.5 Å². The molecular weight excluding hydrogens is 253 g/mol. The molecule has 0 heterocycles. The predicted octanol–water partition coefficient (Wildman–Crippen LogP) is 3.76. The first-order valence-electron chi connectivity index (χ1n) is 6.12. The van der Waals surface area contributed by atoms with Gasteiger partial charge in [-0.25, -0.2) is 4.39 Å². The standard InChI is InChI=1S/C16H12FN3/c17-14-6-7-15(13(10-14)11-19)20-16(8-9-18)12-4-2-1-3-5-12/h1-7,10,16,20H,8H2. The second-order valence-electron chi connectivity index (χ2n) is 4.27. The maximum atomic E-state index is 13.1. The summed E-state index contributed by atoms with van der Waals surface area (Å²) >= 11 is 0. The summed E-state index contributed by atoms with van der Waals surface area (Å²) < 4.78 is 13.1. The average Bonchev–Trinajstić information content (AvgIpc) is 2.49. The van der Waals surface area contributed by atoms with Crippen LogP contribution in [0.2, 0.25) is 0 Å². The fourth-order valence-corrected chi connectivity index (χ4v) is 1.95. The first-order chi connectivity index (χ1) is 9.74. The second-order valence-corrected chi connectivity index (χ2v) is 4.27. The van der Waals surface area contributed by atoms with Crippen molar-refractivity contribution in [2.75, 3.05) is 5.32 Å². The predicted molar refractivity (Wildman–Crippen MR) is 74.2 cm³/mol. The lowest BCUT2D eigenvalue weighted by Crippen LogP contribution is -2.11. The van der Waals surface area contributed by atoms with Crippen molar-refractivity contribution >= 4 is 5.69 Å². The van der Waals surface area contributed by atoms with Gasteiger partial charge in [-0.05, 0) is 23.8 Å². The van der Waals surface area contributed by atoms with Gasteiger partial charge in [-0.2, -0.15) is 10.5 Å². The molecule has 2 rings (SSSR count). The molecule has 2 aromatic carbocycles. The molecule has 1 unspecified atom stereocenters. The Morgan fingerprint density at radius 1 is 1.10 bits per heavy atom. The zero-order valence-electron chi connectivity index (χ0n) is 10.7. The number of halogens is 1. The molecule has 2 aromatic rings. The number of benzene rings is 2. The number of nitriles is 2. The number of nitrogens with one attached hydrogen (secondary N) is 1. The lowest BCUT2D eigenvalue weighted by Gasteiger charge is -2.18. The minimum absolute atomic E-state index is 0.226. The Morgan fingerprint density at radius 2 is 1.85 bits per heavy atom. The van der Waals surface area contributed by atoms with Crippen molar-refractivity contribution in [3.63, 3.8) is 0 Å². The van der Waals surface area contributed by atoms with Crippen LogP contribution in [0, 0.1) is 28.5 Å². The van der Waals surface area contributed by atoms with E-state index in [0.29, 0.717) is 5.69 Å². The Bertz CT molecular complexity index is 668. The van der Waals surface area contributed by atoms with Gasteiger partial charge in [0.2, 0.25) is 0 Å². The molecule has 0 bridgehead atoms. The summed E-state index contributed by atoms with van der Waals surface area (Å²) in [6.45, 7) is 0. The van der Waals surface area contributed by atoms with Crippen molar-refractivity contribution in [2.45, 2.75) is 12.5 Å². The number of rotatable bonds is 4. The van der Waals surface area contributed by atoms with Crippen LogP contribution in [-0.4, -0.2) is 0 Å². The monoisotopic (exact) mass is 265 g/mol. The van der Waals surface area contributed by atoms with E-state index in [1.807, 2.05) is 36.4 Å². The van der Waals surface area contributed by atoms with E-state index < -0.39 is 5.82 Å². The van der Waals surface area contributed by atoms with Crippen LogP contribution in [0.3, 0.4) is 0 Å². The molecule has 0 aromatic heterocycles. The first-order valence-corrected chi connectivity index (χ1v) is 6.12. The quantitative estimate of drug-likeness (QED) is 0.915. The molecule has 0 aliphatic heterocycles. The van der Waals surface area contributed by atoms with Crippen molar-refractivity contribution in [3.05, 3.63) is 65.5 Å². The number of hydrogen-bond donors (Lipinski definition) is 1. The van der Waals surface area contributed by atoms with Gasteiger partial charge in [0, 0.05) is 0 Å². The zero-order valence-corrected chi connectivity index (χ0v) is 10.7. The van der Waals surface area contributed by atoms with Crippen LogP contribution in [0.25, 0.3) is 0 Å². The van der Waals surface area contributed by atoms with Crippen LogP contribution in [0.4, 0.5) is 10.1 Å². The minimum Gasteiger partial charge on any atom is -0.376 e. The normalized spacial score (nSPS) is 11.2. The summed E-state index contributed by atoms with van der Waals surface area (Å²) in [5.41, 5.74) is 1.70. The molecule has 0 saturated heterocycles. The van der Waals surface area contributed by atoms with Crippen molar-refractivity contribution < 1.29 is 4.39 Å². The molecule has 20 heavy (non-hydrogen) atoms. The molecule has 98 valence electrons. The van der Waals surface area contributed by atoms with Crippen molar-refractivity contribution in [1.82, 2.24) is 0 Å². The lowest BCUT2D eigenvalue weighted by atomic mass is 10.0. The molecule has 0 amide bonds. The fourth-order valence-electron chi connectivity index (χ4n) is 1.95. The minimum atomic E-state index is -0.455. The highest BCUT2D eigenvalue weighted by Crippen LogP contribution is 2.25. The number of hydrogen-bond acceptors (Lipinski definition) is 3. The van der Waals surface area contributed by atoms with Gasteiger partial charge in [0.05, 0.1) is 29.8 Å². The molecule has 0 aliphatic carbocycles. The Labute approximate surface area is 116 Å². The molecule has 0 aliphatic rings. The van der Waals surface area contributed by atoms with Gasteiger partial charge in [0.25, 0.3) is 0 Å². The van der Waals surface area contributed by atoms with E-state index >= 15 is 0 Å². The topological polar surface area (TPSA) is 59.6 Å². The number of anilines is 1. The van der Waals surface area contributed by atoms with E-state index in [0.717, 1.165) is 5.56 Å². The van der Waals surface area contributed by atoms with Gasteiger partial charge in [0.15, 0.2) is 0 Å². The van der Waals surface area contributed by atoms with Crippen LogP contribution in [0.15, 0.2) is 48.5 Å². The molecular formula is C16H12FN3. The molecule has 1 N–H and O–H groups in total. The average molecular weight is 265 g/mol. The summed E-state index contributed by atoms with van der Waals surface area (Å²) in [6, 6.07) is 17.3. The van der Waals surface area contributed by atoms with Gasteiger partial charge in [-0.15, -0.1) is 0 Å². The number of nitrogens with zero attached hydrogens (tertiary/aromatic N) is 2. The van der Waals surface area contributed by atoms with E-state index in [1.165, 1.54) is 18.2 Å². The maximum Gasteiger partial charge on any atom is 0.124 e. The summed E-state index contributed by atoms with van der Waals surface area (Å²) in [6.07, 6.45) is 0.256. The zero-order chi connectivity index (χ0) is 14.4. The van der Waals surface area contributed by atoms with E-state index in [1.54, 1.807) is 0 Å². The Balaban J connectivity index is 2.30. The van der Waals surface area contributed by atoms with Crippen LogP contribution in [0.5, 0.6) is 0 Å². The van der Waals surface area contributed by atoms with Gasteiger partial charge >= 0.3 is 0 Å².